The van der Waals surface area contributed by atoms with Gasteiger partial charge in [-0.25, -0.2) is 0 Å². The highest BCUT2D eigenvalue weighted by atomic mass is 32.2. The first-order valence-corrected chi connectivity index (χ1v) is 11.3. The van der Waals surface area contributed by atoms with Crippen LogP contribution >= 0.6 is 11.8 Å². The van der Waals surface area contributed by atoms with Crippen molar-refractivity contribution in [3.63, 3.8) is 0 Å². The smallest absolute Gasteiger partial charge is 0.158 e. The van der Waals surface area contributed by atoms with E-state index >= 15 is 0 Å². The van der Waals surface area contributed by atoms with Crippen LogP contribution in [0.15, 0.2) is 102 Å². The molecule has 0 saturated heterocycles. The molecule has 148 valence electrons. The van der Waals surface area contributed by atoms with Crippen LogP contribution in [-0.2, 0) is 5.75 Å². The van der Waals surface area contributed by atoms with Crippen LogP contribution in [0, 0.1) is 6.92 Å². The third kappa shape index (κ3) is 3.73. The fourth-order valence-electron chi connectivity index (χ4n) is 4.15. The minimum Gasteiger partial charge on any atom is -0.356 e. The lowest BCUT2D eigenvalue weighted by Crippen LogP contribution is -2.22. The number of hydrogen-bond donors (Lipinski definition) is 1. The molecule has 0 aromatic heterocycles. The minimum absolute atomic E-state index is 0.0877. The van der Waals surface area contributed by atoms with Crippen LogP contribution in [-0.4, -0.2) is 5.17 Å². The van der Waals surface area contributed by atoms with E-state index in [9.17, 15) is 0 Å². The van der Waals surface area contributed by atoms with Crippen molar-refractivity contribution in [3.8, 4) is 0 Å². The van der Waals surface area contributed by atoms with Gasteiger partial charge in [0.2, 0.25) is 0 Å². The van der Waals surface area contributed by atoms with Crippen molar-refractivity contribution in [1.29, 1.82) is 0 Å². The van der Waals surface area contributed by atoms with Gasteiger partial charge in [0.15, 0.2) is 5.17 Å². The molecule has 1 heterocycles. The zero-order valence-corrected chi connectivity index (χ0v) is 17.8. The van der Waals surface area contributed by atoms with E-state index < -0.39 is 0 Å². The predicted molar refractivity (Wildman–Crippen MR) is 129 cm³/mol. The number of benzene rings is 4. The summed E-state index contributed by atoms with van der Waals surface area (Å²) in [5.74, 6) is 0.905. The number of nitrogens with zero attached hydrogens (tertiary/aromatic N) is 1. The first-order valence-electron chi connectivity index (χ1n) is 10.3. The zero-order valence-electron chi connectivity index (χ0n) is 17.0. The quantitative estimate of drug-likeness (QED) is 0.400. The van der Waals surface area contributed by atoms with Gasteiger partial charge in [-0.1, -0.05) is 109 Å². The largest absolute Gasteiger partial charge is 0.356 e. The number of aryl methyl sites for hydroxylation is 1. The van der Waals surface area contributed by atoms with Gasteiger partial charge in [0.1, 0.15) is 6.04 Å². The molecule has 5 rings (SSSR count). The van der Waals surface area contributed by atoms with E-state index in [2.05, 4.69) is 109 Å². The highest BCUT2D eigenvalue weighted by Crippen LogP contribution is 2.38. The van der Waals surface area contributed by atoms with Gasteiger partial charge in [0.05, 0.1) is 6.04 Å². The molecule has 4 aromatic rings. The van der Waals surface area contributed by atoms with Gasteiger partial charge < -0.3 is 5.32 Å². The van der Waals surface area contributed by atoms with Crippen molar-refractivity contribution >= 4 is 27.7 Å². The molecule has 0 bridgehead atoms. The average molecular weight is 409 g/mol. The summed E-state index contributed by atoms with van der Waals surface area (Å²) < 4.78 is 0. The van der Waals surface area contributed by atoms with Crippen LogP contribution in [0.1, 0.15) is 34.3 Å². The fraction of sp³-hybridized carbons (Fsp3) is 0.148. The van der Waals surface area contributed by atoms with Crippen molar-refractivity contribution in [2.75, 3.05) is 0 Å². The van der Waals surface area contributed by atoms with E-state index in [4.69, 9.17) is 4.99 Å². The number of hydrogen-bond acceptors (Lipinski definition) is 3. The van der Waals surface area contributed by atoms with E-state index in [-0.39, 0.29) is 12.1 Å². The molecule has 3 heteroatoms. The number of nitrogens with one attached hydrogen (secondary N) is 1. The van der Waals surface area contributed by atoms with E-state index in [1.807, 2.05) is 0 Å². The van der Waals surface area contributed by atoms with Crippen LogP contribution in [0.2, 0.25) is 0 Å². The lowest BCUT2D eigenvalue weighted by molar-refractivity contribution is 0.573. The average Bonchev–Trinajstić information content (AvgIpc) is 3.24. The van der Waals surface area contributed by atoms with Crippen molar-refractivity contribution in [1.82, 2.24) is 5.32 Å². The molecule has 1 aliphatic heterocycles. The topological polar surface area (TPSA) is 24.4 Å². The minimum atomic E-state index is 0.0877. The van der Waals surface area contributed by atoms with Gasteiger partial charge in [-0.05, 0) is 39.9 Å². The lowest BCUT2D eigenvalue weighted by Gasteiger charge is -2.19. The molecule has 30 heavy (non-hydrogen) atoms. The second-order valence-corrected chi connectivity index (χ2v) is 8.66. The Morgan fingerprint density at radius 1 is 0.767 bits per heavy atom. The number of amidine groups is 1. The fourth-order valence-corrected chi connectivity index (χ4v) is 5.21. The summed E-state index contributed by atoms with van der Waals surface area (Å²) in [6.07, 6.45) is 0. The van der Waals surface area contributed by atoms with Gasteiger partial charge in [-0.3, -0.25) is 4.99 Å². The Kier molecular flexibility index (Phi) is 5.29. The molecule has 0 amide bonds. The van der Waals surface area contributed by atoms with E-state index in [0.717, 1.165) is 10.9 Å². The van der Waals surface area contributed by atoms with Gasteiger partial charge in [0.25, 0.3) is 0 Å². The number of rotatable bonds is 4. The molecule has 0 saturated carbocycles. The van der Waals surface area contributed by atoms with Crippen molar-refractivity contribution < 1.29 is 0 Å². The standard InChI is InChI=1S/C27H24N2S/c1-19-16-17-20-10-8-9-15-23(20)24(19)18-30-27-28-25(21-11-4-2-5-12-21)26(29-27)22-13-6-3-7-14-22/h2-17,25-26H,18H2,1H3,(H,28,29). The summed E-state index contributed by atoms with van der Waals surface area (Å²) >= 11 is 1.80. The van der Waals surface area contributed by atoms with Gasteiger partial charge in [-0.2, -0.15) is 0 Å². The Bertz CT molecular complexity index is 1190. The monoisotopic (exact) mass is 408 g/mol. The zero-order chi connectivity index (χ0) is 20.3. The lowest BCUT2D eigenvalue weighted by atomic mass is 9.95. The highest BCUT2D eigenvalue weighted by molar-refractivity contribution is 8.13. The van der Waals surface area contributed by atoms with Crippen LogP contribution in [0.5, 0.6) is 0 Å². The SMILES string of the molecule is Cc1ccc2ccccc2c1CSC1=NC(c2ccccc2)C(c2ccccc2)N1. The maximum absolute atomic E-state index is 5.11. The van der Waals surface area contributed by atoms with E-state index in [1.165, 1.54) is 33.0 Å². The number of fused-ring (bicyclic) bond motifs is 1. The Labute approximate surface area is 182 Å². The van der Waals surface area contributed by atoms with E-state index in [1.54, 1.807) is 11.8 Å². The summed E-state index contributed by atoms with van der Waals surface area (Å²) in [4.78, 5) is 5.11. The first kappa shape index (κ1) is 19.0. The third-order valence-electron chi connectivity index (χ3n) is 5.78. The van der Waals surface area contributed by atoms with Gasteiger partial charge >= 0.3 is 0 Å². The molecule has 2 atom stereocenters. The van der Waals surface area contributed by atoms with Crippen molar-refractivity contribution in [2.45, 2.75) is 24.8 Å². The molecular weight excluding hydrogens is 384 g/mol. The van der Waals surface area contributed by atoms with E-state index in [0.29, 0.717) is 0 Å². The Morgan fingerprint density at radius 2 is 1.43 bits per heavy atom. The molecule has 1 aliphatic rings. The first-order chi connectivity index (χ1) is 14.8. The number of thioether (sulfide) groups is 1. The number of aliphatic imine (C=N–C) groups is 1. The van der Waals surface area contributed by atoms with Crippen molar-refractivity contribution in [2.24, 2.45) is 4.99 Å². The maximum Gasteiger partial charge on any atom is 0.158 e. The second-order valence-electron chi connectivity index (χ2n) is 7.69. The second kappa shape index (κ2) is 8.37. The Balaban J connectivity index is 1.43. The molecule has 0 spiro atoms. The molecule has 0 radical (unpaired) electrons. The molecule has 0 fully saturated rings. The van der Waals surface area contributed by atoms with Crippen LogP contribution in [0.3, 0.4) is 0 Å². The van der Waals surface area contributed by atoms with Gasteiger partial charge in [-0.15, -0.1) is 0 Å². The molecule has 2 unspecified atom stereocenters. The molecule has 0 aliphatic carbocycles. The Hall–Kier alpha value is -3.04. The molecule has 2 nitrogen and oxygen atoms in total. The molecule has 1 N–H and O–H groups in total. The summed E-state index contributed by atoms with van der Waals surface area (Å²) in [5.41, 5.74) is 5.24. The van der Waals surface area contributed by atoms with Gasteiger partial charge in [0, 0.05) is 5.75 Å². The molecule has 4 aromatic carbocycles. The van der Waals surface area contributed by atoms with Crippen molar-refractivity contribution in [3.05, 3.63) is 119 Å². The predicted octanol–water partition coefficient (Wildman–Crippen LogP) is 6.82. The summed E-state index contributed by atoms with van der Waals surface area (Å²) in [7, 11) is 0. The summed E-state index contributed by atoms with van der Waals surface area (Å²) in [6.45, 7) is 2.20. The summed E-state index contributed by atoms with van der Waals surface area (Å²) in [5, 5.41) is 7.36. The van der Waals surface area contributed by atoms with Crippen LogP contribution < -0.4 is 5.32 Å². The Morgan fingerprint density at radius 3 is 2.20 bits per heavy atom. The van der Waals surface area contributed by atoms with Crippen LogP contribution in [0.4, 0.5) is 0 Å². The maximum atomic E-state index is 5.11. The highest BCUT2D eigenvalue weighted by Gasteiger charge is 2.31. The third-order valence-corrected chi connectivity index (χ3v) is 6.71. The normalized spacial score (nSPS) is 18.2. The van der Waals surface area contributed by atoms with Crippen LogP contribution in [0.25, 0.3) is 10.8 Å². The molecular formula is C27H24N2S. The summed E-state index contributed by atoms with van der Waals surface area (Å²) in [6, 6.07) is 34.6.